The number of aliphatic carboxylic acids is 1. The molecule has 0 radical (unpaired) electrons. The molecule has 0 aliphatic heterocycles. The third-order valence-electron chi connectivity index (χ3n) is 3.79. The summed E-state index contributed by atoms with van der Waals surface area (Å²) in [6.45, 7) is 0. The zero-order valence-corrected chi connectivity index (χ0v) is 12.3. The van der Waals surface area contributed by atoms with Crippen LogP contribution in [0.4, 0.5) is 4.39 Å². The van der Waals surface area contributed by atoms with Crippen LogP contribution in [0.15, 0.2) is 18.2 Å². The van der Waals surface area contributed by atoms with Gasteiger partial charge in [-0.2, -0.15) is 0 Å². The van der Waals surface area contributed by atoms with Gasteiger partial charge in [0.25, 0.3) is 0 Å². The number of hydrogen-bond donors (Lipinski definition) is 1. The molecule has 1 aromatic carbocycles. The number of alkyl halides is 1. The van der Waals surface area contributed by atoms with Crippen LogP contribution in [0.1, 0.15) is 49.1 Å². The van der Waals surface area contributed by atoms with E-state index < -0.39 is 10.8 Å². The summed E-state index contributed by atoms with van der Waals surface area (Å²) in [6.07, 6.45) is 6.03. The van der Waals surface area contributed by atoms with Crippen LogP contribution in [0.2, 0.25) is 0 Å². The van der Waals surface area contributed by atoms with E-state index in [2.05, 4.69) is 15.9 Å². The molecule has 104 valence electrons. The first-order valence-corrected chi connectivity index (χ1v) is 7.64. The van der Waals surface area contributed by atoms with Crippen molar-refractivity contribution in [3.8, 4) is 0 Å². The number of carboxylic acid groups (broad SMARTS) is 1. The molecule has 0 amide bonds. The van der Waals surface area contributed by atoms with E-state index in [9.17, 15) is 9.18 Å². The van der Waals surface area contributed by atoms with Gasteiger partial charge in [0.2, 0.25) is 0 Å². The maximum absolute atomic E-state index is 14.1. The van der Waals surface area contributed by atoms with Gasteiger partial charge in [0.05, 0.1) is 0 Å². The van der Waals surface area contributed by atoms with Crippen LogP contribution < -0.4 is 0 Å². The molecule has 1 fully saturated rings. The molecule has 1 atom stereocenters. The molecule has 0 aromatic heterocycles. The molecule has 19 heavy (non-hydrogen) atoms. The van der Waals surface area contributed by atoms with Crippen LogP contribution in [0.3, 0.4) is 0 Å². The van der Waals surface area contributed by atoms with Crippen molar-refractivity contribution in [3.63, 3.8) is 0 Å². The number of rotatable bonds is 4. The summed E-state index contributed by atoms with van der Waals surface area (Å²) in [6, 6.07) is 5.17. The largest absolute Gasteiger partial charge is 0.480 e. The Labute approximate surface area is 121 Å². The Hall–Kier alpha value is -0.900. The molecule has 0 spiro atoms. The van der Waals surface area contributed by atoms with Crippen molar-refractivity contribution in [1.29, 1.82) is 0 Å². The van der Waals surface area contributed by atoms with Gasteiger partial charge in [-0.25, -0.2) is 4.39 Å². The monoisotopic (exact) mass is 328 g/mol. The van der Waals surface area contributed by atoms with Crippen LogP contribution in [-0.4, -0.2) is 15.9 Å². The highest BCUT2D eigenvalue weighted by Gasteiger charge is 2.20. The standard InChI is InChI=1S/C15H18BrFO2/c16-13(15(18)19)8-10-6-7-12(14(17)9-10)11-4-2-1-3-5-11/h6-7,9,11,13H,1-5,8H2,(H,18,19). The molecule has 0 heterocycles. The maximum atomic E-state index is 14.1. The molecule has 2 rings (SSSR count). The lowest BCUT2D eigenvalue weighted by molar-refractivity contribution is -0.136. The first-order chi connectivity index (χ1) is 9.08. The van der Waals surface area contributed by atoms with E-state index in [4.69, 9.17) is 5.11 Å². The van der Waals surface area contributed by atoms with Crippen LogP contribution >= 0.6 is 15.9 Å². The van der Waals surface area contributed by atoms with E-state index >= 15 is 0 Å². The van der Waals surface area contributed by atoms with Crippen molar-refractivity contribution in [3.05, 3.63) is 35.1 Å². The van der Waals surface area contributed by atoms with Gasteiger partial charge < -0.3 is 5.11 Å². The molecule has 0 bridgehead atoms. The Morgan fingerprint density at radius 3 is 2.63 bits per heavy atom. The quantitative estimate of drug-likeness (QED) is 0.838. The number of halogens is 2. The molecule has 1 aromatic rings. The Bertz CT molecular complexity index is 455. The number of carboxylic acids is 1. The van der Waals surface area contributed by atoms with E-state index in [0.717, 1.165) is 24.0 Å². The fraction of sp³-hybridized carbons (Fsp3) is 0.533. The fourth-order valence-corrected chi connectivity index (χ4v) is 3.11. The van der Waals surface area contributed by atoms with Gasteiger partial charge in [0.15, 0.2) is 0 Å². The minimum Gasteiger partial charge on any atom is -0.480 e. The SMILES string of the molecule is O=C(O)C(Br)Cc1ccc(C2CCCCC2)c(F)c1. The molecule has 0 saturated heterocycles. The second-order valence-electron chi connectivity index (χ2n) is 5.20. The van der Waals surface area contributed by atoms with E-state index in [1.165, 1.54) is 25.3 Å². The molecule has 1 N–H and O–H groups in total. The highest BCUT2D eigenvalue weighted by molar-refractivity contribution is 9.10. The topological polar surface area (TPSA) is 37.3 Å². The zero-order chi connectivity index (χ0) is 13.8. The van der Waals surface area contributed by atoms with Gasteiger partial charge in [-0.15, -0.1) is 0 Å². The van der Waals surface area contributed by atoms with E-state index in [-0.39, 0.29) is 5.82 Å². The lowest BCUT2D eigenvalue weighted by Gasteiger charge is -2.22. The highest BCUT2D eigenvalue weighted by atomic mass is 79.9. The summed E-state index contributed by atoms with van der Waals surface area (Å²) >= 11 is 3.08. The summed E-state index contributed by atoms with van der Waals surface area (Å²) in [5, 5.41) is 8.83. The molecule has 4 heteroatoms. The second kappa shape index (κ2) is 6.51. The predicted molar refractivity (Wildman–Crippen MR) is 76.3 cm³/mol. The van der Waals surface area contributed by atoms with Crippen molar-refractivity contribution < 1.29 is 14.3 Å². The van der Waals surface area contributed by atoms with Crippen LogP contribution in [0, 0.1) is 5.82 Å². The van der Waals surface area contributed by atoms with E-state index in [0.29, 0.717) is 12.3 Å². The Balaban J connectivity index is 2.10. The molecular weight excluding hydrogens is 311 g/mol. The van der Waals surface area contributed by atoms with Gasteiger partial charge in [-0.1, -0.05) is 47.3 Å². The van der Waals surface area contributed by atoms with Gasteiger partial charge in [-0.3, -0.25) is 4.79 Å². The lowest BCUT2D eigenvalue weighted by Crippen LogP contribution is -2.15. The van der Waals surface area contributed by atoms with Gasteiger partial charge >= 0.3 is 5.97 Å². The van der Waals surface area contributed by atoms with Crippen molar-refractivity contribution >= 4 is 21.9 Å². The third kappa shape index (κ3) is 3.78. The zero-order valence-electron chi connectivity index (χ0n) is 10.7. The summed E-state index contributed by atoms with van der Waals surface area (Å²) in [7, 11) is 0. The first-order valence-electron chi connectivity index (χ1n) is 6.73. The van der Waals surface area contributed by atoms with E-state index in [1.54, 1.807) is 0 Å². The van der Waals surface area contributed by atoms with E-state index in [1.807, 2.05) is 12.1 Å². The van der Waals surface area contributed by atoms with Crippen LogP contribution in [0.25, 0.3) is 0 Å². The number of carbonyl (C=O) groups is 1. The van der Waals surface area contributed by atoms with Gasteiger partial charge in [0, 0.05) is 0 Å². The first kappa shape index (κ1) is 14.5. The number of hydrogen-bond acceptors (Lipinski definition) is 1. The average molecular weight is 329 g/mol. The van der Waals surface area contributed by atoms with Crippen molar-refractivity contribution in [2.75, 3.05) is 0 Å². The summed E-state index contributed by atoms with van der Waals surface area (Å²) < 4.78 is 14.1. The second-order valence-corrected chi connectivity index (χ2v) is 6.31. The normalized spacial score (nSPS) is 18.2. The molecule has 1 unspecified atom stereocenters. The Morgan fingerprint density at radius 1 is 1.37 bits per heavy atom. The summed E-state index contributed by atoms with van der Waals surface area (Å²) in [5.74, 6) is -0.770. The van der Waals surface area contributed by atoms with Crippen LogP contribution in [0.5, 0.6) is 0 Å². The smallest absolute Gasteiger partial charge is 0.317 e. The molecule has 1 aliphatic carbocycles. The van der Waals surface area contributed by atoms with Gasteiger partial charge in [-0.05, 0) is 42.4 Å². The lowest BCUT2D eigenvalue weighted by atomic mass is 9.83. The minimum absolute atomic E-state index is 0.186. The van der Waals surface area contributed by atoms with Gasteiger partial charge in [0.1, 0.15) is 10.6 Å². The third-order valence-corrected chi connectivity index (χ3v) is 4.51. The molecule has 2 nitrogen and oxygen atoms in total. The van der Waals surface area contributed by atoms with Crippen molar-refractivity contribution in [1.82, 2.24) is 0 Å². The molecular formula is C15H18BrFO2. The molecule has 1 aliphatic rings. The summed E-state index contributed by atoms with van der Waals surface area (Å²) in [4.78, 5) is 10.1. The Morgan fingerprint density at radius 2 is 2.05 bits per heavy atom. The molecule has 1 saturated carbocycles. The summed E-state index contributed by atoms with van der Waals surface area (Å²) in [5.41, 5.74) is 1.52. The number of benzene rings is 1. The van der Waals surface area contributed by atoms with Crippen molar-refractivity contribution in [2.45, 2.75) is 49.3 Å². The Kier molecular flexibility index (Phi) is 4.97. The predicted octanol–water partition coefficient (Wildman–Crippen LogP) is 4.26. The van der Waals surface area contributed by atoms with Crippen LogP contribution in [-0.2, 0) is 11.2 Å². The maximum Gasteiger partial charge on any atom is 0.317 e. The highest BCUT2D eigenvalue weighted by Crippen LogP contribution is 2.34. The van der Waals surface area contributed by atoms with Crippen molar-refractivity contribution in [2.24, 2.45) is 0 Å². The average Bonchev–Trinajstić information content (AvgIpc) is 2.39. The minimum atomic E-state index is -0.920. The fourth-order valence-electron chi connectivity index (χ4n) is 2.74.